The Bertz CT molecular complexity index is 187. The second kappa shape index (κ2) is 8.27. The lowest BCUT2D eigenvalue weighted by molar-refractivity contribution is -0.234. The van der Waals surface area contributed by atoms with E-state index in [4.69, 9.17) is 15.2 Å². The average molecular weight is 194 g/mol. The van der Waals surface area contributed by atoms with Gasteiger partial charge in [0.2, 0.25) is 0 Å². The van der Waals surface area contributed by atoms with Gasteiger partial charge in [0, 0.05) is 0 Å². The molecule has 2 amide bonds. The minimum absolute atomic E-state index is 0.300. The van der Waals surface area contributed by atoms with Crippen LogP contribution in [0.15, 0.2) is 0 Å². The van der Waals surface area contributed by atoms with Crippen LogP contribution in [0.1, 0.15) is 12.8 Å². The molecule has 8 nitrogen and oxygen atoms in total. The van der Waals surface area contributed by atoms with Crippen molar-refractivity contribution in [1.29, 1.82) is 0 Å². The van der Waals surface area contributed by atoms with Crippen molar-refractivity contribution in [2.75, 3.05) is 0 Å². The van der Waals surface area contributed by atoms with E-state index in [2.05, 4.69) is 16.4 Å². The summed E-state index contributed by atoms with van der Waals surface area (Å²) in [6, 6.07) is -0.833. The third kappa shape index (κ3) is 25.4. The Morgan fingerprint density at radius 3 is 1.77 bits per heavy atom. The maximum absolute atomic E-state index is 9.98. The van der Waals surface area contributed by atoms with E-state index in [0.717, 1.165) is 0 Å². The van der Waals surface area contributed by atoms with Gasteiger partial charge in [-0.25, -0.2) is 9.59 Å². The summed E-state index contributed by atoms with van der Waals surface area (Å²) in [5.74, 6) is -2.03. The van der Waals surface area contributed by atoms with Crippen molar-refractivity contribution in [3.8, 4) is 0 Å². The number of primary amides is 2. The molecule has 0 radical (unpaired) electrons. The van der Waals surface area contributed by atoms with Crippen LogP contribution in [-0.4, -0.2) is 28.3 Å². The van der Waals surface area contributed by atoms with Gasteiger partial charge in [-0.3, -0.25) is 4.79 Å². The van der Waals surface area contributed by atoms with Gasteiger partial charge in [0.25, 0.3) is 0 Å². The Morgan fingerprint density at radius 2 is 1.54 bits per heavy atom. The third-order valence-electron chi connectivity index (χ3n) is 0.645. The van der Waals surface area contributed by atoms with Crippen molar-refractivity contribution in [3.05, 3.63) is 0 Å². The normalized spacial score (nSPS) is 7.77. The van der Waals surface area contributed by atoms with Crippen LogP contribution >= 0.6 is 0 Å². The van der Waals surface area contributed by atoms with E-state index in [1.807, 2.05) is 0 Å². The molecule has 0 aromatic rings. The highest BCUT2D eigenvalue weighted by molar-refractivity contribution is 5.76. The molecule has 0 atom stereocenters. The highest BCUT2D eigenvalue weighted by Gasteiger charge is 2.04. The van der Waals surface area contributed by atoms with E-state index < -0.39 is 18.0 Å². The molecule has 0 unspecified atom stereocenters. The zero-order chi connectivity index (χ0) is 10.9. The molecule has 0 aromatic heterocycles. The van der Waals surface area contributed by atoms with Gasteiger partial charge in [-0.1, -0.05) is 0 Å². The largest absolute Gasteiger partial charge is 0.481 e. The number of rotatable bonds is 3. The van der Waals surface area contributed by atoms with Gasteiger partial charge in [-0.2, -0.15) is 5.26 Å². The highest BCUT2D eigenvalue weighted by atomic mass is 17.1. The number of urea groups is 1. The first-order chi connectivity index (χ1) is 5.90. The quantitative estimate of drug-likeness (QED) is 0.330. The van der Waals surface area contributed by atoms with Gasteiger partial charge < -0.3 is 21.5 Å². The van der Waals surface area contributed by atoms with E-state index >= 15 is 0 Å². The first-order valence-electron chi connectivity index (χ1n) is 3.01. The van der Waals surface area contributed by atoms with E-state index in [1.54, 1.807) is 0 Å². The predicted octanol–water partition coefficient (Wildman–Crippen LogP) is -1.11. The lowest BCUT2D eigenvalue weighted by atomic mass is 10.3. The summed E-state index contributed by atoms with van der Waals surface area (Å²) in [5, 5.41) is 15.6. The Balaban J connectivity index is 0. The fraction of sp³-hybridized carbons (Fsp3) is 0.400. The highest BCUT2D eigenvalue weighted by Crippen LogP contribution is 1.89. The topological polar surface area (TPSA) is 153 Å². The first-order valence-corrected chi connectivity index (χ1v) is 3.01. The molecule has 0 saturated carbocycles. The molecule has 0 rings (SSSR count). The van der Waals surface area contributed by atoms with Crippen molar-refractivity contribution in [3.63, 3.8) is 0 Å². The molecule has 76 valence electrons. The standard InChI is InChI=1S/C4H6O5.CH4N2O/c5-3(6)1-2-4(7)9-8;2-1(3)4/h8H,1-2H2,(H,5,6);(H4,2,3,4). The molecule has 0 spiro atoms. The van der Waals surface area contributed by atoms with E-state index in [-0.39, 0.29) is 12.8 Å². The number of amides is 2. The van der Waals surface area contributed by atoms with Gasteiger partial charge in [0.1, 0.15) is 0 Å². The van der Waals surface area contributed by atoms with Gasteiger partial charge in [-0.05, 0) is 0 Å². The number of nitrogens with two attached hydrogens (primary N) is 2. The van der Waals surface area contributed by atoms with Crippen LogP contribution in [0.4, 0.5) is 4.79 Å². The molecule has 0 bridgehead atoms. The third-order valence-corrected chi connectivity index (χ3v) is 0.645. The van der Waals surface area contributed by atoms with Crippen molar-refractivity contribution in [1.82, 2.24) is 0 Å². The lowest BCUT2D eigenvalue weighted by Crippen LogP contribution is -2.18. The number of carbonyl (C=O) groups is 3. The molecule has 0 saturated heterocycles. The molecule has 8 heteroatoms. The van der Waals surface area contributed by atoms with Crippen LogP contribution in [0, 0.1) is 0 Å². The smallest absolute Gasteiger partial charge is 0.342 e. The van der Waals surface area contributed by atoms with Crippen LogP contribution in [0.2, 0.25) is 0 Å². The summed E-state index contributed by atoms with van der Waals surface area (Å²) >= 11 is 0. The average Bonchev–Trinajstić information content (AvgIpc) is 1.99. The summed E-state index contributed by atoms with van der Waals surface area (Å²) in [7, 11) is 0. The number of hydrogen-bond acceptors (Lipinski definition) is 5. The van der Waals surface area contributed by atoms with E-state index in [0.29, 0.717) is 0 Å². The maximum atomic E-state index is 9.98. The van der Waals surface area contributed by atoms with Crippen LogP contribution in [0.3, 0.4) is 0 Å². The van der Waals surface area contributed by atoms with Crippen molar-refractivity contribution >= 4 is 18.0 Å². The molecule has 0 fully saturated rings. The molecule has 0 aliphatic rings. The Morgan fingerprint density at radius 1 is 1.15 bits per heavy atom. The van der Waals surface area contributed by atoms with Crippen LogP contribution in [0.25, 0.3) is 0 Å². The Labute approximate surface area is 73.0 Å². The van der Waals surface area contributed by atoms with Crippen molar-refractivity contribution < 1.29 is 29.6 Å². The number of carboxylic acids is 1. The molecule has 13 heavy (non-hydrogen) atoms. The number of carbonyl (C=O) groups excluding carboxylic acids is 2. The van der Waals surface area contributed by atoms with Crippen LogP contribution in [-0.2, 0) is 14.5 Å². The zero-order valence-corrected chi connectivity index (χ0v) is 6.60. The maximum Gasteiger partial charge on any atom is 0.342 e. The van der Waals surface area contributed by atoms with Crippen LogP contribution < -0.4 is 11.5 Å². The second-order valence-corrected chi connectivity index (χ2v) is 1.76. The van der Waals surface area contributed by atoms with E-state index in [1.165, 1.54) is 0 Å². The fourth-order valence-electron chi connectivity index (χ4n) is 0.255. The fourth-order valence-corrected chi connectivity index (χ4v) is 0.255. The summed E-state index contributed by atoms with van der Waals surface area (Å²) < 4.78 is 0. The summed E-state index contributed by atoms with van der Waals surface area (Å²) in [6.45, 7) is 0. The molecule has 6 N–H and O–H groups in total. The SMILES string of the molecule is NC(N)=O.O=C(O)CCC(=O)OO. The van der Waals surface area contributed by atoms with Gasteiger partial charge >= 0.3 is 18.0 Å². The second-order valence-electron chi connectivity index (χ2n) is 1.76. The Hall–Kier alpha value is -1.83. The summed E-state index contributed by atoms with van der Waals surface area (Å²) in [5.41, 5.74) is 8.50. The van der Waals surface area contributed by atoms with Gasteiger partial charge in [0.15, 0.2) is 0 Å². The number of aliphatic carboxylic acids is 1. The van der Waals surface area contributed by atoms with Gasteiger partial charge in [0.05, 0.1) is 12.8 Å². The van der Waals surface area contributed by atoms with Crippen molar-refractivity contribution in [2.24, 2.45) is 11.5 Å². The predicted molar refractivity (Wildman–Crippen MR) is 39.4 cm³/mol. The first kappa shape index (κ1) is 13.7. The zero-order valence-electron chi connectivity index (χ0n) is 6.60. The number of carboxylic acid groups (broad SMARTS) is 1. The molecule has 0 aliphatic heterocycles. The van der Waals surface area contributed by atoms with E-state index in [9.17, 15) is 9.59 Å². The molecule has 0 heterocycles. The number of hydrogen-bond donors (Lipinski definition) is 4. The molecular formula is C5H10N2O6. The molecular weight excluding hydrogens is 184 g/mol. The lowest BCUT2D eigenvalue weighted by Gasteiger charge is -1.90. The van der Waals surface area contributed by atoms with Crippen LogP contribution in [0.5, 0.6) is 0 Å². The van der Waals surface area contributed by atoms with Crippen molar-refractivity contribution in [2.45, 2.75) is 12.8 Å². The Kier molecular flexibility index (Phi) is 8.74. The summed E-state index contributed by atoms with van der Waals surface area (Å²) in [6.07, 6.45) is -0.620. The minimum Gasteiger partial charge on any atom is -0.481 e. The molecule has 0 aliphatic carbocycles. The minimum atomic E-state index is -1.10. The molecule has 0 aromatic carbocycles. The monoisotopic (exact) mass is 194 g/mol. The van der Waals surface area contributed by atoms with Gasteiger partial charge in [-0.15, -0.1) is 0 Å². The summed E-state index contributed by atoms with van der Waals surface area (Å²) in [4.78, 5) is 31.9.